The van der Waals surface area contributed by atoms with Crippen LogP contribution in [0.15, 0.2) is 42.9 Å². The minimum Gasteiger partial charge on any atom is -0.462 e. The highest BCUT2D eigenvalue weighted by atomic mass is 31.2. The Morgan fingerprint density at radius 3 is 2.62 bits per heavy atom. The van der Waals surface area contributed by atoms with E-state index in [0.717, 1.165) is 0 Å². The van der Waals surface area contributed by atoms with Crippen LogP contribution in [0.5, 0.6) is 5.75 Å². The third-order valence-corrected chi connectivity index (χ3v) is 7.45. The Morgan fingerprint density at radius 1 is 1.19 bits per heavy atom. The van der Waals surface area contributed by atoms with Gasteiger partial charge >= 0.3 is 13.7 Å². The average Bonchev–Trinajstić information content (AvgIpc) is 3.40. The van der Waals surface area contributed by atoms with Gasteiger partial charge in [-0.15, -0.1) is 0 Å². The van der Waals surface area contributed by atoms with Gasteiger partial charge in [0.1, 0.15) is 29.7 Å². The minimum absolute atomic E-state index is 0.247. The third-order valence-electron chi connectivity index (χ3n) is 5.80. The second-order valence-electron chi connectivity index (χ2n) is 8.99. The fraction of sp³-hybridized carbons (Fsp3) is 0.435. The SMILES string of the molecule is CC(C)OC(=O)C(C)NP(=O)(OC[C@H]1N[C@@H](c2c[nH]c3c(N)ncnc23)[C@H](O)[C@@H]1O)Oc1ccccc1. The Bertz CT molecular complexity index is 1270. The average molecular weight is 535 g/mol. The molecule has 1 aliphatic heterocycles. The van der Waals surface area contributed by atoms with E-state index < -0.39 is 44.0 Å². The zero-order valence-electron chi connectivity index (χ0n) is 20.6. The van der Waals surface area contributed by atoms with Crippen LogP contribution in [0.2, 0.25) is 0 Å². The van der Waals surface area contributed by atoms with Gasteiger partial charge in [0.25, 0.3) is 0 Å². The van der Waals surface area contributed by atoms with Gasteiger partial charge in [-0.05, 0) is 32.9 Å². The first-order valence-electron chi connectivity index (χ1n) is 11.7. The third kappa shape index (κ3) is 6.09. The van der Waals surface area contributed by atoms with Gasteiger partial charge in [0.05, 0.1) is 36.4 Å². The van der Waals surface area contributed by atoms with E-state index in [9.17, 15) is 19.6 Å². The predicted molar refractivity (Wildman–Crippen MR) is 134 cm³/mol. The summed E-state index contributed by atoms with van der Waals surface area (Å²) in [5, 5.41) is 27.2. The number of fused-ring (bicyclic) bond motifs is 1. The van der Waals surface area contributed by atoms with Crippen LogP contribution < -0.4 is 20.7 Å². The lowest BCUT2D eigenvalue weighted by Gasteiger charge is -2.25. The topological polar surface area (TPSA) is 194 Å². The number of nitrogens with two attached hydrogens (primary N) is 1. The van der Waals surface area contributed by atoms with Crippen LogP contribution >= 0.6 is 7.75 Å². The van der Waals surface area contributed by atoms with Crippen LogP contribution in [-0.4, -0.2) is 68.1 Å². The molecular weight excluding hydrogens is 503 g/mol. The molecule has 1 fully saturated rings. The lowest BCUT2D eigenvalue weighted by Crippen LogP contribution is -2.40. The summed E-state index contributed by atoms with van der Waals surface area (Å²) in [5.41, 5.74) is 7.46. The number of nitrogens with one attached hydrogen (secondary N) is 3. The molecule has 1 saturated heterocycles. The van der Waals surface area contributed by atoms with E-state index in [0.29, 0.717) is 16.6 Å². The molecule has 14 heteroatoms. The first-order valence-corrected chi connectivity index (χ1v) is 13.3. The van der Waals surface area contributed by atoms with Crippen molar-refractivity contribution in [1.29, 1.82) is 0 Å². The number of nitrogen functional groups attached to an aromatic ring is 1. The highest BCUT2D eigenvalue weighted by Gasteiger charge is 2.44. The Labute approximate surface area is 213 Å². The number of rotatable bonds is 10. The van der Waals surface area contributed by atoms with Crippen LogP contribution in [-0.2, 0) is 18.6 Å². The van der Waals surface area contributed by atoms with Crippen LogP contribution in [0.4, 0.5) is 5.82 Å². The number of hydrogen-bond acceptors (Lipinski definition) is 11. The number of esters is 1. The van der Waals surface area contributed by atoms with Crippen LogP contribution in [0.25, 0.3) is 11.0 Å². The molecule has 37 heavy (non-hydrogen) atoms. The number of H-pyrrole nitrogens is 1. The van der Waals surface area contributed by atoms with Crippen molar-refractivity contribution >= 4 is 30.6 Å². The molecule has 0 radical (unpaired) electrons. The van der Waals surface area contributed by atoms with E-state index in [2.05, 4.69) is 25.4 Å². The monoisotopic (exact) mass is 534 g/mol. The van der Waals surface area contributed by atoms with Crippen LogP contribution in [0, 0.1) is 0 Å². The van der Waals surface area contributed by atoms with E-state index >= 15 is 0 Å². The molecule has 0 saturated carbocycles. The largest absolute Gasteiger partial charge is 0.462 e. The number of aliphatic hydroxyl groups is 2. The fourth-order valence-electron chi connectivity index (χ4n) is 4.01. The first-order chi connectivity index (χ1) is 17.6. The molecule has 2 unspecified atom stereocenters. The van der Waals surface area contributed by atoms with Gasteiger partial charge in [0.2, 0.25) is 0 Å². The molecule has 1 aromatic carbocycles. The van der Waals surface area contributed by atoms with E-state index in [-0.39, 0.29) is 24.3 Å². The minimum atomic E-state index is -4.15. The number of para-hydroxylation sites is 1. The summed E-state index contributed by atoms with van der Waals surface area (Å²) in [7, 11) is -4.15. The zero-order valence-corrected chi connectivity index (χ0v) is 21.5. The van der Waals surface area contributed by atoms with Crippen molar-refractivity contribution in [2.45, 2.75) is 57.2 Å². The molecule has 3 heterocycles. The molecule has 3 aromatic rings. The summed E-state index contributed by atoms with van der Waals surface area (Å²) in [6.45, 7) is 4.55. The molecule has 0 spiro atoms. The quantitative estimate of drug-likeness (QED) is 0.162. The normalized spacial score (nSPS) is 24.2. The van der Waals surface area contributed by atoms with Crippen molar-refractivity contribution < 1.29 is 33.4 Å². The van der Waals surface area contributed by atoms with Crippen LogP contribution in [0.1, 0.15) is 32.4 Å². The Kier molecular flexibility index (Phi) is 8.12. The number of benzene rings is 1. The molecular formula is C23H31N6O7P. The molecule has 7 N–H and O–H groups in total. The van der Waals surface area contributed by atoms with Crippen molar-refractivity contribution in [3.63, 3.8) is 0 Å². The summed E-state index contributed by atoms with van der Waals surface area (Å²) in [5.74, 6) is -0.137. The Hall–Kier alpha value is -3.06. The van der Waals surface area contributed by atoms with Gasteiger partial charge in [-0.1, -0.05) is 18.2 Å². The van der Waals surface area contributed by atoms with Crippen molar-refractivity contribution in [2.24, 2.45) is 0 Å². The summed E-state index contributed by atoms with van der Waals surface area (Å²) in [6.07, 6.45) is 0.0588. The van der Waals surface area contributed by atoms with Gasteiger partial charge in [0, 0.05) is 11.8 Å². The van der Waals surface area contributed by atoms with Gasteiger partial charge < -0.3 is 35.5 Å². The van der Waals surface area contributed by atoms with Gasteiger partial charge in [-0.2, -0.15) is 5.09 Å². The number of aliphatic hydroxyl groups excluding tert-OH is 2. The number of aromatic nitrogens is 3. The van der Waals surface area contributed by atoms with Crippen molar-refractivity contribution in [3.05, 3.63) is 48.4 Å². The summed E-state index contributed by atoms with van der Waals surface area (Å²) < 4.78 is 30.1. The lowest BCUT2D eigenvalue weighted by molar-refractivity contribution is -0.149. The number of anilines is 1. The molecule has 4 rings (SSSR count). The lowest BCUT2D eigenvalue weighted by atomic mass is 10.0. The maximum Gasteiger partial charge on any atom is 0.459 e. The molecule has 2 aromatic heterocycles. The maximum absolute atomic E-state index is 13.7. The first kappa shape index (κ1) is 27.0. The van der Waals surface area contributed by atoms with Crippen molar-refractivity contribution in [2.75, 3.05) is 12.3 Å². The Morgan fingerprint density at radius 2 is 1.92 bits per heavy atom. The number of aromatic amines is 1. The van der Waals surface area contributed by atoms with E-state index in [4.69, 9.17) is 19.5 Å². The van der Waals surface area contributed by atoms with Gasteiger partial charge in [-0.3, -0.25) is 9.32 Å². The number of carbonyl (C=O) groups is 1. The summed E-state index contributed by atoms with van der Waals surface area (Å²) >= 11 is 0. The molecule has 1 aliphatic rings. The summed E-state index contributed by atoms with van der Waals surface area (Å²) in [6, 6.07) is 5.73. The summed E-state index contributed by atoms with van der Waals surface area (Å²) in [4.78, 5) is 23.5. The molecule has 13 nitrogen and oxygen atoms in total. The number of ether oxygens (including phenoxy) is 1. The highest BCUT2D eigenvalue weighted by molar-refractivity contribution is 7.52. The fourth-order valence-corrected chi connectivity index (χ4v) is 5.53. The number of nitrogens with zero attached hydrogens (tertiary/aromatic N) is 2. The highest BCUT2D eigenvalue weighted by Crippen LogP contribution is 2.45. The maximum atomic E-state index is 13.7. The second-order valence-corrected chi connectivity index (χ2v) is 10.7. The van der Waals surface area contributed by atoms with E-state index in [1.807, 2.05) is 0 Å². The van der Waals surface area contributed by atoms with Crippen molar-refractivity contribution in [1.82, 2.24) is 25.4 Å². The van der Waals surface area contributed by atoms with Gasteiger partial charge in [-0.25, -0.2) is 14.5 Å². The molecule has 0 bridgehead atoms. The van der Waals surface area contributed by atoms with Crippen molar-refractivity contribution in [3.8, 4) is 5.75 Å². The molecule has 0 amide bonds. The molecule has 6 atom stereocenters. The number of carbonyl (C=O) groups excluding carboxylic acids is 1. The van der Waals surface area contributed by atoms with E-state index in [1.165, 1.54) is 13.3 Å². The Balaban J connectivity index is 1.50. The van der Waals surface area contributed by atoms with Crippen LogP contribution in [0.3, 0.4) is 0 Å². The van der Waals surface area contributed by atoms with Gasteiger partial charge in [0.15, 0.2) is 5.82 Å². The number of hydrogen-bond donors (Lipinski definition) is 6. The molecule has 0 aliphatic carbocycles. The second kappa shape index (κ2) is 11.1. The predicted octanol–water partition coefficient (Wildman–Crippen LogP) is 1.41. The molecule has 200 valence electrons. The van der Waals surface area contributed by atoms with E-state index in [1.54, 1.807) is 50.4 Å². The standard InChI is InChI=1S/C23H31N6O7P/c1-12(2)35-23(32)13(3)29-37(33,36-14-7-5-4-6-8-14)34-10-16-20(30)21(31)18(28-16)15-9-25-19-17(15)26-11-27-22(19)24/h4-9,11-13,16,18,20-21,25,28,30-31H,10H2,1-3H3,(H,29,33)(H2,24,26,27)/t13?,16-,18+,20-,21+,37?/m1/s1. The smallest absolute Gasteiger partial charge is 0.459 e. The zero-order chi connectivity index (χ0) is 26.7.